The number of carbonyl (C=O) groups excluding carboxylic acids is 1. The van der Waals surface area contributed by atoms with Gasteiger partial charge in [0.25, 0.3) is 0 Å². The van der Waals surface area contributed by atoms with E-state index in [9.17, 15) is 4.79 Å². The van der Waals surface area contributed by atoms with E-state index >= 15 is 0 Å². The fraction of sp³-hybridized carbons (Fsp3) is 0.429. The van der Waals surface area contributed by atoms with E-state index in [4.69, 9.17) is 23.2 Å². The van der Waals surface area contributed by atoms with Gasteiger partial charge in [0.15, 0.2) is 0 Å². The summed E-state index contributed by atoms with van der Waals surface area (Å²) in [4.78, 5) is 16.3. The number of hydrogen-bond acceptors (Lipinski definition) is 4. The maximum atomic E-state index is 12.2. The van der Waals surface area contributed by atoms with Crippen molar-refractivity contribution in [2.24, 2.45) is 5.92 Å². The summed E-state index contributed by atoms with van der Waals surface area (Å²) in [7, 11) is 0. The first-order chi connectivity index (χ1) is 13.5. The van der Waals surface area contributed by atoms with E-state index in [2.05, 4.69) is 20.9 Å². The zero-order valence-corrected chi connectivity index (χ0v) is 17.5. The summed E-state index contributed by atoms with van der Waals surface area (Å²) in [6.07, 6.45) is 6.80. The lowest BCUT2D eigenvalue weighted by Crippen LogP contribution is -2.57. The Morgan fingerprint density at radius 2 is 1.93 bits per heavy atom. The van der Waals surface area contributed by atoms with Crippen molar-refractivity contribution in [3.8, 4) is 0 Å². The number of amides is 1. The number of piperidine rings is 1. The van der Waals surface area contributed by atoms with Gasteiger partial charge >= 0.3 is 0 Å². The zero-order valence-electron chi connectivity index (χ0n) is 16.0. The van der Waals surface area contributed by atoms with E-state index in [1.807, 2.05) is 18.2 Å². The maximum Gasteiger partial charge on any atom is 0.218 e. The second kappa shape index (κ2) is 9.70. The van der Waals surface area contributed by atoms with Gasteiger partial charge in [-0.1, -0.05) is 29.3 Å². The van der Waals surface area contributed by atoms with E-state index < -0.39 is 5.66 Å². The van der Waals surface area contributed by atoms with Crippen LogP contribution >= 0.6 is 23.2 Å². The van der Waals surface area contributed by atoms with Crippen LogP contribution in [0, 0.1) is 5.92 Å². The number of aromatic nitrogens is 1. The molecule has 0 aliphatic carbocycles. The molecule has 0 radical (unpaired) electrons. The third kappa shape index (κ3) is 5.03. The zero-order chi connectivity index (χ0) is 20.0. The molecule has 1 aliphatic rings. The molecule has 0 spiro atoms. The molecular weight excluding hydrogens is 395 g/mol. The van der Waals surface area contributed by atoms with Crippen molar-refractivity contribution in [2.75, 3.05) is 19.6 Å². The van der Waals surface area contributed by atoms with Crippen LogP contribution in [0.2, 0.25) is 10.0 Å². The lowest BCUT2D eigenvalue weighted by Gasteiger charge is -2.38. The van der Waals surface area contributed by atoms with Gasteiger partial charge < -0.3 is 10.6 Å². The molecular formula is C21H26Cl2N4O. The summed E-state index contributed by atoms with van der Waals surface area (Å²) in [6.45, 7) is 4.38. The average Bonchev–Trinajstić information content (AvgIpc) is 2.68. The average molecular weight is 421 g/mol. The first-order valence-corrected chi connectivity index (χ1v) is 10.4. The number of hydrogen-bond donors (Lipinski definition) is 3. The number of pyridine rings is 1. The van der Waals surface area contributed by atoms with E-state index in [1.54, 1.807) is 24.5 Å². The second-order valence-corrected chi connectivity index (χ2v) is 8.04. The number of nitrogens with zero attached hydrogens (tertiary/aromatic N) is 1. The number of benzene rings is 1. The fourth-order valence-electron chi connectivity index (χ4n) is 3.83. The Kier molecular flexibility index (Phi) is 7.30. The lowest BCUT2D eigenvalue weighted by atomic mass is 9.89. The van der Waals surface area contributed by atoms with Crippen molar-refractivity contribution in [1.82, 2.24) is 20.9 Å². The van der Waals surface area contributed by atoms with Gasteiger partial charge in [0.1, 0.15) is 5.66 Å². The van der Waals surface area contributed by atoms with Gasteiger partial charge in [0.05, 0.1) is 0 Å². The molecule has 1 atom stereocenters. The van der Waals surface area contributed by atoms with Crippen LogP contribution in [0.15, 0.2) is 42.7 Å². The Balaban J connectivity index is 1.96. The smallest absolute Gasteiger partial charge is 0.218 e. The highest BCUT2D eigenvalue weighted by molar-refractivity contribution is 6.35. The number of nitrogens with one attached hydrogen (secondary N) is 3. The van der Waals surface area contributed by atoms with Crippen molar-refractivity contribution in [3.05, 3.63) is 63.9 Å². The lowest BCUT2D eigenvalue weighted by molar-refractivity contribution is -0.120. The molecule has 7 heteroatoms. The largest absolute Gasteiger partial charge is 0.330 e. The monoisotopic (exact) mass is 420 g/mol. The molecule has 28 heavy (non-hydrogen) atoms. The standard InChI is InChI=1S/C21H26Cl2N4O/c1-15(28)27-21(17-7-11-25-12-8-17,19-3-2-18(22)14-20(19)23)26-13-6-16-4-9-24-10-5-16/h2-3,7-8,11-12,14,16,24,26H,4-6,9-10,13H2,1H3,(H,27,28). The quantitative estimate of drug-likeness (QED) is 0.597. The van der Waals surface area contributed by atoms with Gasteiger partial charge in [-0.25, -0.2) is 0 Å². The minimum Gasteiger partial charge on any atom is -0.330 e. The Labute approximate surface area is 176 Å². The van der Waals surface area contributed by atoms with E-state index in [-0.39, 0.29) is 5.91 Å². The van der Waals surface area contributed by atoms with Gasteiger partial charge in [0, 0.05) is 34.9 Å². The SMILES string of the molecule is CC(=O)NC(NCCC1CCNCC1)(c1ccncc1)c1ccc(Cl)cc1Cl. The van der Waals surface area contributed by atoms with Gasteiger partial charge in [-0.05, 0) is 74.6 Å². The minimum absolute atomic E-state index is 0.155. The highest BCUT2D eigenvalue weighted by atomic mass is 35.5. The topological polar surface area (TPSA) is 66.1 Å². The van der Waals surface area contributed by atoms with Gasteiger partial charge in [-0.15, -0.1) is 0 Å². The van der Waals surface area contributed by atoms with Gasteiger partial charge in [-0.3, -0.25) is 15.1 Å². The van der Waals surface area contributed by atoms with Crippen LogP contribution in [-0.2, 0) is 10.5 Å². The molecule has 150 valence electrons. The van der Waals surface area contributed by atoms with Crippen LogP contribution in [0.4, 0.5) is 0 Å². The van der Waals surface area contributed by atoms with Crippen molar-refractivity contribution in [1.29, 1.82) is 0 Å². The second-order valence-electron chi connectivity index (χ2n) is 7.20. The van der Waals surface area contributed by atoms with Crippen molar-refractivity contribution < 1.29 is 4.79 Å². The van der Waals surface area contributed by atoms with Crippen molar-refractivity contribution >= 4 is 29.1 Å². The van der Waals surface area contributed by atoms with Crippen LogP contribution in [0.5, 0.6) is 0 Å². The molecule has 2 aromatic rings. The molecule has 1 aliphatic heterocycles. The summed E-state index contributed by atoms with van der Waals surface area (Å²) >= 11 is 12.7. The van der Waals surface area contributed by atoms with Crippen LogP contribution in [0.3, 0.4) is 0 Å². The minimum atomic E-state index is -0.955. The molecule has 3 N–H and O–H groups in total. The van der Waals surface area contributed by atoms with Crippen LogP contribution in [0.1, 0.15) is 37.3 Å². The van der Waals surface area contributed by atoms with Crippen LogP contribution in [-0.4, -0.2) is 30.5 Å². The molecule has 1 fully saturated rings. The van der Waals surface area contributed by atoms with E-state index in [1.165, 1.54) is 19.8 Å². The van der Waals surface area contributed by atoms with Gasteiger partial charge in [-0.2, -0.15) is 0 Å². The number of carbonyl (C=O) groups is 1. The first kappa shape index (κ1) is 21.1. The highest BCUT2D eigenvalue weighted by Gasteiger charge is 2.37. The Hall–Kier alpha value is -1.66. The molecule has 1 unspecified atom stereocenters. The molecule has 5 nitrogen and oxygen atoms in total. The molecule has 1 aromatic heterocycles. The highest BCUT2D eigenvalue weighted by Crippen LogP contribution is 2.34. The van der Waals surface area contributed by atoms with Crippen molar-refractivity contribution in [3.63, 3.8) is 0 Å². The third-order valence-corrected chi connectivity index (χ3v) is 5.76. The molecule has 1 amide bonds. The van der Waals surface area contributed by atoms with Gasteiger partial charge in [0.2, 0.25) is 5.91 Å². The van der Waals surface area contributed by atoms with Crippen LogP contribution < -0.4 is 16.0 Å². The molecule has 2 heterocycles. The predicted molar refractivity (Wildman–Crippen MR) is 114 cm³/mol. The number of rotatable bonds is 7. The van der Waals surface area contributed by atoms with E-state index in [0.29, 0.717) is 16.0 Å². The molecule has 1 aromatic carbocycles. The normalized spacial score (nSPS) is 17.1. The van der Waals surface area contributed by atoms with E-state index in [0.717, 1.165) is 37.2 Å². The van der Waals surface area contributed by atoms with Crippen molar-refractivity contribution in [2.45, 2.75) is 31.8 Å². The molecule has 3 rings (SSSR count). The third-order valence-electron chi connectivity index (χ3n) is 5.21. The predicted octanol–water partition coefficient (Wildman–Crippen LogP) is 3.70. The Bertz CT molecular complexity index is 796. The first-order valence-electron chi connectivity index (χ1n) is 9.62. The summed E-state index contributed by atoms with van der Waals surface area (Å²) in [5.74, 6) is 0.513. The summed E-state index contributed by atoms with van der Waals surface area (Å²) in [5.41, 5.74) is 0.668. The Morgan fingerprint density at radius 3 is 2.57 bits per heavy atom. The summed E-state index contributed by atoms with van der Waals surface area (Å²) in [5, 5.41) is 11.1. The maximum absolute atomic E-state index is 12.2. The Morgan fingerprint density at radius 1 is 1.21 bits per heavy atom. The number of halogens is 2. The summed E-state index contributed by atoms with van der Waals surface area (Å²) in [6, 6.07) is 9.12. The molecule has 1 saturated heterocycles. The molecule has 0 saturated carbocycles. The fourth-order valence-corrected chi connectivity index (χ4v) is 4.38. The van der Waals surface area contributed by atoms with Crippen LogP contribution in [0.25, 0.3) is 0 Å². The summed E-state index contributed by atoms with van der Waals surface area (Å²) < 4.78 is 0. The molecule has 0 bridgehead atoms.